The molecule has 83 heavy (non-hydrogen) atoms. The van der Waals surface area contributed by atoms with E-state index in [-0.39, 0.29) is 125 Å². The largest absolute Gasteiger partial charge is 0.460 e. The molecular formula is C60H84F3N11O9. The Kier molecular flexibility index (Phi) is 20.1. The monoisotopic (exact) mass is 1160 g/mol. The molecule has 3 aliphatic heterocycles. The third kappa shape index (κ3) is 16.2. The van der Waals surface area contributed by atoms with E-state index in [1.54, 1.807) is 35.3 Å². The SMILES string of the molecule is CC(=O)N[C@@H]1C[C@H](NC(C)(C)C)CC[C@@H]1N1CC[C@H](Nc2nc(OC3CCN(C(=O)[C@H]4CC[C@H](NC(=O)CCCO[C@H]5CC[C@H](OCCNC(=O)[C@H]6CC(=O)N(C)[C@@H]6c6cccnc6)CC5)CC4)CC3)nc3ccc(C(F)(F)F)cc23)C1=O. The second-order valence-electron chi connectivity index (χ2n) is 24.7. The van der Waals surface area contributed by atoms with Crippen molar-refractivity contribution in [3.63, 3.8) is 0 Å². The van der Waals surface area contributed by atoms with Gasteiger partial charge in [-0.3, -0.25) is 33.8 Å². The highest BCUT2D eigenvalue weighted by molar-refractivity contribution is 5.94. The number of carbonyl (C=O) groups is 6. The van der Waals surface area contributed by atoms with Gasteiger partial charge >= 0.3 is 12.2 Å². The number of rotatable bonds is 20. The molecule has 3 aromatic rings. The molecule has 6 aliphatic rings. The van der Waals surface area contributed by atoms with Gasteiger partial charge in [0.25, 0.3) is 0 Å². The molecule has 6 fully saturated rings. The second-order valence-corrected chi connectivity index (χ2v) is 24.7. The van der Waals surface area contributed by atoms with Crippen LogP contribution in [0.2, 0.25) is 0 Å². The summed E-state index contributed by atoms with van der Waals surface area (Å²) in [5.41, 5.74) is 0.0496. The summed E-state index contributed by atoms with van der Waals surface area (Å²) in [6.07, 6.45) is 9.33. The average Bonchev–Trinajstić information content (AvgIpc) is 4.23. The molecule has 6 amide bonds. The number of aromatic nitrogens is 3. The van der Waals surface area contributed by atoms with Crippen LogP contribution in [-0.2, 0) is 44.4 Å². The molecule has 0 spiro atoms. The van der Waals surface area contributed by atoms with Gasteiger partial charge in [0.2, 0.25) is 35.4 Å². The summed E-state index contributed by atoms with van der Waals surface area (Å²) in [5.74, 6) is -1.15. The lowest BCUT2D eigenvalue weighted by Gasteiger charge is -2.43. The van der Waals surface area contributed by atoms with Gasteiger partial charge in [-0.15, -0.1) is 0 Å². The topological polar surface area (TPSA) is 239 Å². The highest BCUT2D eigenvalue weighted by atomic mass is 19.4. The third-order valence-electron chi connectivity index (χ3n) is 17.5. The van der Waals surface area contributed by atoms with E-state index in [0.29, 0.717) is 110 Å². The highest BCUT2D eigenvalue weighted by Crippen LogP contribution is 2.38. The number of piperidine rings is 1. The van der Waals surface area contributed by atoms with Crippen molar-refractivity contribution in [1.82, 2.24) is 50.9 Å². The molecule has 0 radical (unpaired) electrons. The highest BCUT2D eigenvalue weighted by Gasteiger charge is 2.45. The van der Waals surface area contributed by atoms with E-state index in [9.17, 15) is 41.9 Å². The molecule has 0 bridgehead atoms. The van der Waals surface area contributed by atoms with Crippen LogP contribution in [0.25, 0.3) is 10.9 Å². The van der Waals surface area contributed by atoms with E-state index in [4.69, 9.17) is 14.2 Å². The lowest BCUT2D eigenvalue weighted by Crippen LogP contribution is -2.59. The molecule has 6 atom stereocenters. The molecule has 3 saturated heterocycles. The molecule has 2 aromatic heterocycles. The number of anilines is 1. The minimum absolute atomic E-state index is 0.00296. The second kappa shape index (κ2) is 27.2. The van der Waals surface area contributed by atoms with Gasteiger partial charge in [0, 0.05) is 114 Å². The van der Waals surface area contributed by atoms with Gasteiger partial charge in [-0.1, -0.05) is 6.07 Å². The maximum absolute atomic E-state index is 14.2. The molecule has 3 saturated carbocycles. The molecular weight excluding hydrogens is 1080 g/mol. The first-order chi connectivity index (χ1) is 39.6. The van der Waals surface area contributed by atoms with Crippen LogP contribution < -0.4 is 31.3 Å². The van der Waals surface area contributed by atoms with E-state index >= 15 is 0 Å². The Hall–Kier alpha value is -6.20. The van der Waals surface area contributed by atoms with Crippen molar-refractivity contribution < 1.29 is 56.1 Å². The summed E-state index contributed by atoms with van der Waals surface area (Å²) in [4.78, 5) is 97.3. The number of pyridine rings is 1. The Labute approximate surface area is 484 Å². The molecule has 1 aromatic carbocycles. The normalized spacial score (nSPS) is 27.4. The zero-order valence-corrected chi connectivity index (χ0v) is 48.6. The summed E-state index contributed by atoms with van der Waals surface area (Å²) in [6, 6.07) is 5.38. The minimum Gasteiger partial charge on any atom is -0.460 e. The van der Waals surface area contributed by atoms with Gasteiger partial charge in [0.15, 0.2) is 0 Å². The molecule has 9 rings (SSSR count). The lowest BCUT2D eigenvalue weighted by molar-refractivity contribution is -0.139. The number of benzene rings is 1. The van der Waals surface area contributed by atoms with Crippen molar-refractivity contribution in [2.75, 3.05) is 51.8 Å². The summed E-state index contributed by atoms with van der Waals surface area (Å²) >= 11 is 0. The van der Waals surface area contributed by atoms with Crippen molar-refractivity contribution in [3.05, 3.63) is 53.9 Å². The number of fused-ring (bicyclic) bond motifs is 1. The van der Waals surface area contributed by atoms with E-state index in [1.165, 1.54) is 13.0 Å². The van der Waals surface area contributed by atoms with Crippen LogP contribution in [-0.4, -0.2) is 166 Å². The van der Waals surface area contributed by atoms with Gasteiger partial charge in [-0.25, -0.2) is 0 Å². The van der Waals surface area contributed by atoms with Crippen LogP contribution in [0.5, 0.6) is 6.01 Å². The van der Waals surface area contributed by atoms with Crippen molar-refractivity contribution >= 4 is 52.2 Å². The number of alkyl halides is 3. The number of nitrogens with one attached hydrogen (secondary N) is 5. The van der Waals surface area contributed by atoms with Crippen molar-refractivity contribution in [3.8, 4) is 6.01 Å². The van der Waals surface area contributed by atoms with Crippen molar-refractivity contribution in [2.45, 2.75) is 203 Å². The summed E-state index contributed by atoms with van der Waals surface area (Å²) in [7, 11) is 1.72. The zero-order valence-electron chi connectivity index (χ0n) is 48.6. The van der Waals surface area contributed by atoms with Gasteiger partial charge in [-0.05, 0) is 134 Å². The number of nitrogens with zero attached hydrogens (tertiary/aromatic N) is 6. The standard InChI is InChI=1S/C60H84F3N11O9/c1-36(75)66-49-33-41(71-59(2,3)4)15-21-50(49)74-29-24-48(57(74)80)68-54-45-32-39(60(61,62)63)12-20-47(45)69-58(70-54)83-44-22-27-73(28-23-44)56(79)37-10-13-40(14-11-37)67-51(76)9-7-30-81-42-16-18-43(19-17-42)82-31-26-65-55(78)46-34-52(77)72(5)53(46)38-8-6-25-64-35-38/h6,8,12,20,25,32,35,37,40-44,46,48-50,53,71H,7,9-11,13-19,21-24,26-31,33-34H2,1-5H3,(H,65,78)(H,66,75)(H,67,76)(H,68,69,70)/t37-,40-,41-,42-,43-,46+,48+,49-,50+,53-/m1/s1. The maximum atomic E-state index is 14.2. The fourth-order valence-corrected chi connectivity index (χ4v) is 13.3. The van der Waals surface area contributed by atoms with Gasteiger partial charge in [0.05, 0.1) is 53.9 Å². The van der Waals surface area contributed by atoms with Gasteiger partial charge < -0.3 is 55.5 Å². The molecule has 23 heteroatoms. The summed E-state index contributed by atoms with van der Waals surface area (Å²) in [5, 5.41) is 16.1. The molecule has 454 valence electrons. The Morgan fingerprint density at radius 3 is 2.18 bits per heavy atom. The number of hydrogen-bond donors (Lipinski definition) is 5. The molecule has 5 N–H and O–H groups in total. The summed E-state index contributed by atoms with van der Waals surface area (Å²) in [6.45, 7) is 10.3. The quantitative estimate of drug-likeness (QED) is 0.0773. The molecule has 3 aliphatic carbocycles. The van der Waals surface area contributed by atoms with E-state index in [0.717, 1.165) is 49.8 Å². The first kappa shape index (κ1) is 61.4. The number of hydrogen-bond acceptors (Lipinski definition) is 14. The third-order valence-corrected chi connectivity index (χ3v) is 17.5. The Balaban J connectivity index is 0.665. The van der Waals surface area contributed by atoms with Crippen molar-refractivity contribution in [1.29, 1.82) is 0 Å². The fraction of sp³-hybridized carbons (Fsp3) is 0.683. The lowest BCUT2D eigenvalue weighted by atomic mass is 9.84. The predicted molar refractivity (Wildman–Crippen MR) is 302 cm³/mol. The summed E-state index contributed by atoms with van der Waals surface area (Å²) < 4.78 is 60.6. The molecule has 20 nitrogen and oxygen atoms in total. The van der Waals surface area contributed by atoms with E-state index in [1.807, 2.05) is 11.0 Å². The number of likely N-dealkylation sites (tertiary alicyclic amines) is 3. The van der Waals surface area contributed by atoms with Crippen molar-refractivity contribution in [2.24, 2.45) is 11.8 Å². The van der Waals surface area contributed by atoms with E-state index in [2.05, 4.69) is 62.3 Å². The van der Waals surface area contributed by atoms with Crippen LogP contribution in [0.1, 0.15) is 154 Å². The zero-order chi connectivity index (χ0) is 59.0. The van der Waals surface area contributed by atoms with Crippen LogP contribution >= 0.6 is 0 Å². The molecule has 5 heterocycles. The minimum atomic E-state index is -4.63. The number of carbonyl (C=O) groups excluding carboxylic acids is 6. The number of amides is 6. The molecule has 0 unspecified atom stereocenters. The first-order valence-electron chi connectivity index (χ1n) is 30.1. The fourth-order valence-electron chi connectivity index (χ4n) is 13.3. The number of ether oxygens (including phenoxy) is 3. The van der Waals surface area contributed by atoms with Gasteiger partial charge in [-0.2, -0.15) is 23.1 Å². The van der Waals surface area contributed by atoms with Crippen LogP contribution in [0.3, 0.4) is 0 Å². The Morgan fingerprint density at radius 2 is 1.51 bits per heavy atom. The van der Waals surface area contributed by atoms with E-state index < -0.39 is 23.7 Å². The van der Waals surface area contributed by atoms with Crippen LogP contribution in [0, 0.1) is 11.8 Å². The average molecular weight is 1160 g/mol. The Morgan fingerprint density at radius 1 is 0.795 bits per heavy atom. The predicted octanol–water partition coefficient (Wildman–Crippen LogP) is 6.38. The first-order valence-corrected chi connectivity index (χ1v) is 30.1. The van der Waals surface area contributed by atoms with Gasteiger partial charge in [0.1, 0.15) is 18.0 Å². The smallest absolute Gasteiger partial charge is 0.416 e. The number of halogens is 3. The maximum Gasteiger partial charge on any atom is 0.416 e. The van der Waals surface area contributed by atoms with Crippen LogP contribution in [0.15, 0.2) is 42.7 Å². The Bertz CT molecular complexity index is 2750. The van der Waals surface area contributed by atoms with Crippen LogP contribution in [0.4, 0.5) is 19.0 Å².